The second-order valence-corrected chi connectivity index (χ2v) is 6.61. The number of fused-ring (bicyclic) bond motifs is 1. The third kappa shape index (κ3) is 4.11. The van der Waals surface area contributed by atoms with Crippen molar-refractivity contribution in [2.24, 2.45) is 5.92 Å². The standard InChI is InChI=1S/C18H26O5/c1-18(2)22-16-12-21-11-15(19-3)14(17(16)23-18)10-20-9-13-7-5-4-6-8-13/h4-8,14-17H,9-12H2,1-3H3/t14-,15-,16-,17+/m1/s1. The topological polar surface area (TPSA) is 46.2 Å². The first-order chi connectivity index (χ1) is 11.1. The fraction of sp³-hybridized carbons (Fsp3) is 0.667. The van der Waals surface area contributed by atoms with Gasteiger partial charge in [-0.25, -0.2) is 0 Å². The summed E-state index contributed by atoms with van der Waals surface area (Å²) in [5, 5.41) is 0. The molecule has 128 valence electrons. The zero-order valence-electron chi connectivity index (χ0n) is 14.1. The van der Waals surface area contributed by atoms with Crippen LogP contribution in [0.3, 0.4) is 0 Å². The average molecular weight is 322 g/mol. The van der Waals surface area contributed by atoms with Crippen molar-refractivity contribution < 1.29 is 23.7 Å². The van der Waals surface area contributed by atoms with Crippen molar-refractivity contribution in [2.75, 3.05) is 26.9 Å². The first kappa shape index (κ1) is 16.9. The second kappa shape index (κ2) is 7.28. The van der Waals surface area contributed by atoms with Gasteiger partial charge in [0.25, 0.3) is 0 Å². The average Bonchev–Trinajstić information content (AvgIpc) is 2.76. The lowest BCUT2D eigenvalue weighted by molar-refractivity contribution is -0.170. The summed E-state index contributed by atoms with van der Waals surface area (Å²) in [5.41, 5.74) is 1.16. The molecule has 1 aromatic carbocycles. The lowest BCUT2D eigenvalue weighted by Crippen LogP contribution is -2.41. The molecule has 0 saturated carbocycles. The lowest BCUT2D eigenvalue weighted by Gasteiger charge is -2.29. The minimum atomic E-state index is -0.591. The van der Waals surface area contributed by atoms with Crippen LogP contribution in [0, 0.1) is 5.92 Å². The van der Waals surface area contributed by atoms with Gasteiger partial charge in [0.2, 0.25) is 0 Å². The molecule has 23 heavy (non-hydrogen) atoms. The summed E-state index contributed by atoms with van der Waals surface area (Å²) in [7, 11) is 1.71. The number of ether oxygens (including phenoxy) is 5. The van der Waals surface area contributed by atoms with Gasteiger partial charge < -0.3 is 23.7 Å². The van der Waals surface area contributed by atoms with Gasteiger partial charge in [-0.3, -0.25) is 0 Å². The van der Waals surface area contributed by atoms with E-state index in [1.165, 1.54) is 0 Å². The normalized spacial score (nSPS) is 33.2. The molecule has 0 radical (unpaired) electrons. The number of rotatable bonds is 5. The SMILES string of the molecule is CO[C@@H]1COC[C@H]2OC(C)(C)O[C@H]2[C@@H]1COCc1ccccc1. The van der Waals surface area contributed by atoms with Gasteiger partial charge in [0.1, 0.15) is 6.10 Å². The number of hydrogen-bond acceptors (Lipinski definition) is 5. The molecule has 0 spiro atoms. The molecular weight excluding hydrogens is 296 g/mol. The lowest BCUT2D eigenvalue weighted by atomic mass is 9.94. The maximum Gasteiger partial charge on any atom is 0.163 e. The Hall–Kier alpha value is -0.980. The zero-order chi connectivity index (χ0) is 16.3. The molecule has 0 bridgehead atoms. The third-order valence-electron chi connectivity index (χ3n) is 4.41. The van der Waals surface area contributed by atoms with Gasteiger partial charge in [-0.05, 0) is 19.4 Å². The van der Waals surface area contributed by atoms with Crippen LogP contribution in [0.2, 0.25) is 0 Å². The quantitative estimate of drug-likeness (QED) is 0.833. The van der Waals surface area contributed by atoms with Crippen LogP contribution >= 0.6 is 0 Å². The van der Waals surface area contributed by atoms with E-state index in [-0.39, 0.29) is 24.2 Å². The predicted molar refractivity (Wildman–Crippen MR) is 85.0 cm³/mol. The van der Waals surface area contributed by atoms with E-state index < -0.39 is 5.79 Å². The van der Waals surface area contributed by atoms with Crippen LogP contribution in [-0.4, -0.2) is 51.0 Å². The highest BCUT2D eigenvalue weighted by Gasteiger charge is 2.49. The van der Waals surface area contributed by atoms with Crippen LogP contribution in [0.25, 0.3) is 0 Å². The van der Waals surface area contributed by atoms with Gasteiger partial charge in [0, 0.05) is 13.0 Å². The van der Waals surface area contributed by atoms with E-state index in [0.29, 0.717) is 26.4 Å². The van der Waals surface area contributed by atoms with E-state index in [1.54, 1.807) is 7.11 Å². The maximum atomic E-state index is 6.12. The Balaban J connectivity index is 1.65. The smallest absolute Gasteiger partial charge is 0.163 e. The van der Waals surface area contributed by atoms with Crippen molar-refractivity contribution >= 4 is 0 Å². The summed E-state index contributed by atoms with van der Waals surface area (Å²) in [4.78, 5) is 0. The van der Waals surface area contributed by atoms with Gasteiger partial charge in [-0.15, -0.1) is 0 Å². The van der Waals surface area contributed by atoms with E-state index in [0.717, 1.165) is 5.56 Å². The largest absolute Gasteiger partial charge is 0.379 e. The molecule has 2 fully saturated rings. The van der Waals surface area contributed by atoms with E-state index in [1.807, 2.05) is 32.0 Å². The third-order valence-corrected chi connectivity index (χ3v) is 4.41. The van der Waals surface area contributed by atoms with Crippen molar-refractivity contribution in [3.05, 3.63) is 35.9 Å². The van der Waals surface area contributed by atoms with Crippen LogP contribution in [0.15, 0.2) is 30.3 Å². The molecule has 3 rings (SSSR count). The van der Waals surface area contributed by atoms with Crippen LogP contribution < -0.4 is 0 Å². The van der Waals surface area contributed by atoms with Gasteiger partial charge in [-0.2, -0.15) is 0 Å². The monoisotopic (exact) mass is 322 g/mol. The fourth-order valence-electron chi connectivity index (χ4n) is 3.32. The maximum absolute atomic E-state index is 6.12. The van der Waals surface area contributed by atoms with Crippen molar-refractivity contribution in [3.63, 3.8) is 0 Å². The highest BCUT2D eigenvalue weighted by atomic mass is 16.8. The van der Waals surface area contributed by atoms with Gasteiger partial charge in [0.15, 0.2) is 5.79 Å². The zero-order valence-corrected chi connectivity index (χ0v) is 14.1. The number of benzene rings is 1. The Bertz CT molecular complexity index is 489. The highest BCUT2D eigenvalue weighted by Crippen LogP contribution is 2.36. The first-order valence-electron chi connectivity index (χ1n) is 8.17. The molecule has 4 atom stereocenters. The molecule has 0 aromatic heterocycles. The molecule has 2 aliphatic heterocycles. The molecule has 0 unspecified atom stereocenters. The number of hydrogen-bond donors (Lipinski definition) is 0. The van der Waals surface area contributed by atoms with Crippen LogP contribution in [0.4, 0.5) is 0 Å². The Kier molecular flexibility index (Phi) is 5.34. The van der Waals surface area contributed by atoms with E-state index >= 15 is 0 Å². The predicted octanol–water partition coefficient (Wildman–Crippen LogP) is 2.38. The summed E-state index contributed by atoms with van der Waals surface area (Å²) >= 11 is 0. The molecular formula is C18H26O5. The second-order valence-electron chi connectivity index (χ2n) is 6.61. The van der Waals surface area contributed by atoms with Crippen LogP contribution in [-0.2, 0) is 30.3 Å². The Morgan fingerprint density at radius 3 is 2.65 bits per heavy atom. The molecule has 1 aromatic rings. The van der Waals surface area contributed by atoms with E-state index in [9.17, 15) is 0 Å². The van der Waals surface area contributed by atoms with Crippen molar-refractivity contribution in [1.29, 1.82) is 0 Å². The fourth-order valence-corrected chi connectivity index (χ4v) is 3.32. The summed E-state index contributed by atoms with van der Waals surface area (Å²) in [6, 6.07) is 10.2. The van der Waals surface area contributed by atoms with Gasteiger partial charge in [0.05, 0.1) is 38.6 Å². The molecule has 0 aliphatic carbocycles. The van der Waals surface area contributed by atoms with E-state index in [2.05, 4.69) is 12.1 Å². The highest BCUT2D eigenvalue weighted by molar-refractivity contribution is 5.13. The molecule has 0 N–H and O–H groups in total. The first-order valence-corrected chi connectivity index (χ1v) is 8.17. The Morgan fingerprint density at radius 1 is 1.13 bits per heavy atom. The Labute approximate surface area is 137 Å². The van der Waals surface area contributed by atoms with Crippen molar-refractivity contribution in [3.8, 4) is 0 Å². The molecule has 0 amide bonds. The Morgan fingerprint density at radius 2 is 1.91 bits per heavy atom. The van der Waals surface area contributed by atoms with Crippen LogP contribution in [0.5, 0.6) is 0 Å². The van der Waals surface area contributed by atoms with Crippen molar-refractivity contribution in [2.45, 2.75) is 44.6 Å². The summed E-state index contributed by atoms with van der Waals surface area (Å²) in [5.74, 6) is -0.510. The summed E-state index contributed by atoms with van der Waals surface area (Å²) in [6.45, 7) is 6.07. The molecule has 2 saturated heterocycles. The summed E-state index contributed by atoms with van der Waals surface area (Å²) in [6.07, 6.45) is -0.207. The van der Waals surface area contributed by atoms with Gasteiger partial charge >= 0.3 is 0 Å². The number of methoxy groups -OCH3 is 1. The minimum Gasteiger partial charge on any atom is -0.379 e. The molecule has 5 nitrogen and oxygen atoms in total. The van der Waals surface area contributed by atoms with Crippen LogP contribution in [0.1, 0.15) is 19.4 Å². The molecule has 2 aliphatic rings. The van der Waals surface area contributed by atoms with Gasteiger partial charge in [-0.1, -0.05) is 30.3 Å². The van der Waals surface area contributed by atoms with E-state index in [4.69, 9.17) is 23.7 Å². The summed E-state index contributed by atoms with van der Waals surface area (Å²) < 4.78 is 29.4. The minimum absolute atomic E-state index is 0.0572. The molecule has 2 heterocycles. The van der Waals surface area contributed by atoms with Crippen molar-refractivity contribution in [1.82, 2.24) is 0 Å². The molecule has 5 heteroatoms.